The van der Waals surface area contributed by atoms with Crippen LogP contribution in [-0.4, -0.2) is 18.1 Å². The first-order valence-electron chi connectivity index (χ1n) is 4.69. The average molecular weight is 195 g/mol. The van der Waals surface area contributed by atoms with Crippen molar-refractivity contribution >= 4 is 5.97 Å². The van der Waals surface area contributed by atoms with Crippen molar-refractivity contribution in [2.45, 2.75) is 27.2 Å². The van der Waals surface area contributed by atoms with Gasteiger partial charge >= 0.3 is 5.97 Å². The van der Waals surface area contributed by atoms with Gasteiger partial charge in [0.25, 0.3) is 0 Å². The zero-order valence-electron chi connectivity index (χ0n) is 9.20. The van der Waals surface area contributed by atoms with Crippen LogP contribution in [0.2, 0.25) is 0 Å². The van der Waals surface area contributed by atoms with Crippen LogP contribution in [0.1, 0.15) is 25.0 Å². The van der Waals surface area contributed by atoms with Gasteiger partial charge in [-0.2, -0.15) is 0 Å². The highest BCUT2D eigenvalue weighted by molar-refractivity contribution is 5.72. The second-order valence-corrected chi connectivity index (χ2v) is 2.62. The average Bonchev–Trinajstić information content (AvgIpc) is 2.21. The lowest BCUT2D eigenvalue weighted by Gasteiger charge is -1.99. The van der Waals surface area contributed by atoms with Gasteiger partial charge in [-0.1, -0.05) is 19.9 Å². The molecule has 0 radical (unpaired) electrons. The van der Waals surface area contributed by atoms with Crippen LogP contribution in [0.25, 0.3) is 0 Å². The molecule has 3 heteroatoms. The smallest absolute Gasteiger partial charge is 0.310 e. The summed E-state index contributed by atoms with van der Waals surface area (Å²) in [7, 11) is 1.38. The Balaban J connectivity index is 0.000000791. The molecular formula is C11H17NO2. The summed E-state index contributed by atoms with van der Waals surface area (Å²) in [6.07, 6.45) is 3.72. The third-order valence-electron chi connectivity index (χ3n) is 1.51. The summed E-state index contributed by atoms with van der Waals surface area (Å²) >= 11 is 0. The first-order valence-corrected chi connectivity index (χ1v) is 4.69. The number of methoxy groups -OCH3 is 1. The van der Waals surface area contributed by atoms with Crippen molar-refractivity contribution < 1.29 is 9.53 Å². The monoisotopic (exact) mass is 195 g/mol. The number of esters is 1. The summed E-state index contributed by atoms with van der Waals surface area (Å²) in [6, 6.07) is 1.92. The molecule has 0 unspecified atom stereocenters. The minimum atomic E-state index is -0.234. The summed E-state index contributed by atoms with van der Waals surface area (Å²) < 4.78 is 4.53. The molecule has 14 heavy (non-hydrogen) atoms. The summed E-state index contributed by atoms with van der Waals surface area (Å²) in [4.78, 5) is 14.8. The number of hydrogen-bond donors (Lipinski definition) is 0. The van der Waals surface area contributed by atoms with Crippen LogP contribution in [0.15, 0.2) is 18.5 Å². The molecule has 1 aromatic rings. The van der Waals surface area contributed by atoms with E-state index in [1.165, 1.54) is 7.11 Å². The lowest BCUT2D eigenvalue weighted by Crippen LogP contribution is -2.04. The third-order valence-corrected chi connectivity index (χ3v) is 1.51. The lowest BCUT2D eigenvalue weighted by atomic mass is 10.2. The topological polar surface area (TPSA) is 39.2 Å². The molecule has 0 atom stereocenters. The summed E-state index contributed by atoms with van der Waals surface area (Å²) in [5, 5.41) is 0. The quantitative estimate of drug-likeness (QED) is 0.679. The molecule has 3 nitrogen and oxygen atoms in total. The Morgan fingerprint density at radius 2 is 2.07 bits per heavy atom. The van der Waals surface area contributed by atoms with E-state index in [1.807, 2.05) is 26.8 Å². The molecule has 0 amide bonds. The molecule has 1 rings (SSSR count). The molecule has 0 saturated heterocycles. The van der Waals surface area contributed by atoms with E-state index in [2.05, 4.69) is 9.72 Å². The molecule has 0 spiro atoms. The largest absolute Gasteiger partial charge is 0.469 e. The highest BCUT2D eigenvalue weighted by atomic mass is 16.5. The maximum atomic E-state index is 10.8. The predicted molar refractivity (Wildman–Crippen MR) is 56.0 cm³/mol. The molecule has 0 aliphatic rings. The van der Waals surface area contributed by atoms with E-state index in [0.717, 1.165) is 11.1 Å². The van der Waals surface area contributed by atoms with Crippen LogP contribution >= 0.6 is 0 Å². The molecule has 0 aromatic carbocycles. The molecular weight excluding hydrogens is 178 g/mol. The molecule has 0 saturated carbocycles. The Kier molecular flexibility index (Phi) is 6.37. The predicted octanol–water partition coefficient (Wildman–Crippen LogP) is 2.13. The van der Waals surface area contributed by atoms with Crippen LogP contribution in [0, 0.1) is 6.92 Å². The molecule has 1 aromatic heterocycles. The van der Waals surface area contributed by atoms with E-state index >= 15 is 0 Å². The number of rotatable bonds is 2. The second-order valence-electron chi connectivity index (χ2n) is 2.62. The van der Waals surface area contributed by atoms with Gasteiger partial charge in [0.05, 0.1) is 13.5 Å². The van der Waals surface area contributed by atoms with Gasteiger partial charge in [0.15, 0.2) is 0 Å². The normalized spacial score (nSPS) is 8.57. The van der Waals surface area contributed by atoms with Crippen LogP contribution in [0.4, 0.5) is 0 Å². The Bertz CT molecular complexity index is 284. The number of hydrogen-bond acceptors (Lipinski definition) is 3. The van der Waals surface area contributed by atoms with Gasteiger partial charge in [-0.05, 0) is 18.1 Å². The Hall–Kier alpha value is -1.38. The first kappa shape index (κ1) is 12.6. The van der Waals surface area contributed by atoms with Crippen LogP contribution < -0.4 is 0 Å². The van der Waals surface area contributed by atoms with E-state index in [9.17, 15) is 4.79 Å². The van der Waals surface area contributed by atoms with Gasteiger partial charge in [-0.3, -0.25) is 9.78 Å². The summed E-state index contributed by atoms with van der Waals surface area (Å²) in [5.74, 6) is -0.234. The summed E-state index contributed by atoms with van der Waals surface area (Å²) in [6.45, 7) is 5.94. The standard InChI is InChI=1S/C9H11NO2.C2H6/c1-7-3-8(6-10-5-7)4-9(11)12-2;1-2/h3,5-6H,4H2,1-2H3;1-2H3. The van der Waals surface area contributed by atoms with Crippen molar-refractivity contribution in [3.05, 3.63) is 29.6 Å². The first-order chi connectivity index (χ1) is 6.72. The van der Waals surface area contributed by atoms with E-state index in [1.54, 1.807) is 12.4 Å². The number of carbonyl (C=O) groups excluding carboxylic acids is 1. The van der Waals surface area contributed by atoms with E-state index in [0.29, 0.717) is 6.42 Å². The SMILES string of the molecule is CC.COC(=O)Cc1cncc(C)c1. The van der Waals surface area contributed by atoms with Crippen molar-refractivity contribution in [1.82, 2.24) is 4.98 Å². The third kappa shape index (κ3) is 4.60. The maximum absolute atomic E-state index is 10.8. The Morgan fingerprint density at radius 1 is 1.43 bits per heavy atom. The Morgan fingerprint density at radius 3 is 2.57 bits per heavy atom. The zero-order valence-corrected chi connectivity index (χ0v) is 9.20. The number of aromatic nitrogens is 1. The van der Waals surface area contributed by atoms with Crippen molar-refractivity contribution in [1.29, 1.82) is 0 Å². The van der Waals surface area contributed by atoms with Gasteiger partial charge in [0.1, 0.15) is 0 Å². The fourth-order valence-electron chi connectivity index (χ4n) is 0.953. The van der Waals surface area contributed by atoms with Gasteiger partial charge in [0.2, 0.25) is 0 Å². The minimum Gasteiger partial charge on any atom is -0.469 e. The number of carbonyl (C=O) groups is 1. The highest BCUT2D eigenvalue weighted by Gasteiger charge is 2.02. The van der Waals surface area contributed by atoms with Crippen LogP contribution in [0.3, 0.4) is 0 Å². The van der Waals surface area contributed by atoms with E-state index < -0.39 is 0 Å². The van der Waals surface area contributed by atoms with Crippen LogP contribution in [0.5, 0.6) is 0 Å². The lowest BCUT2D eigenvalue weighted by molar-refractivity contribution is -0.139. The van der Waals surface area contributed by atoms with E-state index in [4.69, 9.17) is 0 Å². The van der Waals surface area contributed by atoms with Crippen LogP contribution in [-0.2, 0) is 16.0 Å². The van der Waals surface area contributed by atoms with Gasteiger partial charge in [-0.15, -0.1) is 0 Å². The second kappa shape index (κ2) is 7.06. The van der Waals surface area contributed by atoms with Crippen molar-refractivity contribution in [3.8, 4) is 0 Å². The maximum Gasteiger partial charge on any atom is 0.310 e. The van der Waals surface area contributed by atoms with Gasteiger partial charge in [0, 0.05) is 12.4 Å². The highest BCUT2D eigenvalue weighted by Crippen LogP contribution is 2.02. The fourth-order valence-corrected chi connectivity index (χ4v) is 0.953. The number of pyridine rings is 1. The molecule has 0 fully saturated rings. The molecule has 0 aliphatic heterocycles. The van der Waals surface area contributed by atoms with Crippen molar-refractivity contribution in [2.24, 2.45) is 0 Å². The molecule has 0 N–H and O–H groups in total. The fraction of sp³-hybridized carbons (Fsp3) is 0.455. The minimum absolute atomic E-state index is 0.234. The number of ether oxygens (including phenoxy) is 1. The zero-order chi connectivity index (χ0) is 11.0. The molecule has 0 aliphatic carbocycles. The van der Waals surface area contributed by atoms with Crippen molar-refractivity contribution in [3.63, 3.8) is 0 Å². The number of aryl methyl sites for hydroxylation is 1. The number of nitrogens with zero attached hydrogens (tertiary/aromatic N) is 1. The van der Waals surface area contributed by atoms with E-state index in [-0.39, 0.29) is 5.97 Å². The van der Waals surface area contributed by atoms with Gasteiger partial charge in [-0.25, -0.2) is 0 Å². The van der Waals surface area contributed by atoms with Gasteiger partial charge < -0.3 is 4.74 Å². The molecule has 0 bridgehead atoms. The molecule has 1 heterocycles. The molecule has 78 valence electrons. The Labute approximate surface area is 85.1 Å². The summed E-state index contributed by atoms with van der Waals surface area (Å²) in [5.41, 5.74) is 1.94. The van der Waals surface area contributed by atoms with Crippen molar-refractivity contribution in [2.75, 3.05) is 7.11 Å².